The van der Waals surface area contributed by atoms with Gasteiger partial charge in [-0.1, -0.05) is 18.2 Å². The molecule has 7 N–H and O–H groups in total. The number of carboxylic acid groups (broad SMARTS) is 2. The summed E-state index contributed by atoms with van der Waals surface area (Å²) in [5.41, 5.74) is 5.05. The van der Waals surface area contributed by atoms with E-state index in [1.807, 2.05) is 42.6 Å². The summed E-state index contributed by atoms with van der Waals surface area (Å²) in [4.78, 5) is 62.5. The summed E-state index contributed by atoms with van der Waals surface area (Å²) >= 11 is 0. The maximum Gasteiger partial charge on any atom is 0.328 e. The van der Waals surface area contributed by atoms with Gasteiger partial charge in [0.2, 0.25) is 5.91 Å². The van der Waals surface area contributed by atoms with Crippen LogP contribution < -0.4 is 10.6 Å². The molecule has 4 rings (SSSR count). The highest BCUT2D eigenvalue weighted by Crippen LogP contribution is 2.22. The lowest BCUT2D eigenvalue weighted by Crippen LogP contribution is -2.33. The van der Waals surface area contributed by atoms with Crippen molar-refractivity contribution in [3.8, 4) is 0 Å². The van der Waals surface area contributed by atoms with Crippen molar-refractivity contribution in [3.05, 3.63) is 77.5 Å². The Balaban J connectivity index is 0.000000632. The minimum atomic E-state index is -1.26. The van der Waals surface area contributed by atoms with Crippen LogP contribution in [0.15, 0.2) is 60.8 Å². The third kappa shape index (κ3) is 10.4. The van der Waals surface area contributed by atoms with Crippen LogP contribution in [0.2, 0.25) is 0 Å². The number of rotatable bonds is 11. The second-order valence-corrected chi connectivity index (χ2v) is 10.1. The second kappa shape index (κ2) is 15.8. The van der Waals surface area contributed by atoms with Crippen molar-refractivity contribution in [2.24, 2.45) is 0 Å². The molecule has 0 saturated carbocycles. The topological polar surface area (TPSA) is 204 Å². The first-order chi connectivity index (χ1) is 19.9. The normalized spacial score (nSPS) is 14.3. The molecule has 0 aliphatic carbocycles. The number of amides is 4. The summed E-state index contributed by atoms with van der Waals surface area (Å²) in [7, 11) is 4.11. The van der Waals surface area contributed by atoms with Crippen molar-refractivity contribution >= 4 is 46.4 Å². The molecule has 13 nitrogen and oxygen atoms in total. The quantitative estimate of drug-likeness (QED) is 0.163. The number of carbonyl (C=O) groups excluding carboxylic acids is 3. The molecule has 230 valence electrons. The maximum atomic E-state index is 13.0. The number of benzene rings is 2. The van der Waals surface area contributed by atoms with Crippen molar-refractivity contribution in [2.75, 3.05) is 32.5 Å². The van der Waals surface area contributed by atoms with Gasteiger partial charge < -0.3 is 36.2 Å². The van der Waals surface area contributed by atoms with Crippen LogP contribution in [0.4, 0.5) is 10.5 Å². The van der Waals surface area contributed by atoms with E-state index in [9.17, 15) is 24.0 Å². The molecular formula is C30H37N5O8. The average molecular weight is 596 g/mol. The number of likely N-dealkylation sites (N-methyl/N-ethyl adjacent to an activating group) is 1. The number of aromatic amines is 1. The Morgan fingerprint density at radius 2 is 1.60 bits per heavy atom. The lowest BCUT2D eigenvalue weighted by atomic mass is 10.0. The number of nitrogens with one attached hydrogen (secondary N) is 3. The molecule has 0 spiro atoms. The fourth-order valence-corrected chi connectivity index (χ4v) is 4.41. The van der Waals surface area contributed by atoms with Crippen LogP contribution >= 0.6 is 0 Å². The van der Waals surface area contributed by atoms with Crippen molar-refractivity contribution in [2.45, 2.75) is 32.2 Å². The minimum absolute atomic E-state index is 0. The largest absolute Gasteiger partial charge is 0.478 e. The van der Waals surface area contributed by atoms with Crippen molar-refractivity contribution in [1.29, 1.82) is 0 Å². The molecule has 2 aromatic carbocycles. The van der Waals surface area contributed by atoms with Gasteiger partial charge in [0.15, 0.2) is 0 Å². The molecule has 13 heteroatoms. The van der Waals surface area contributed by atoms with Gasteiger partial charge in [-0.3, -0.25) is 14.5 Å². The number of carboxylic acids is 2. The van der Waals surface area contributed by atoms with Gasteiger partial charge in [0.05, 0.1) is 0 Å². The highest BCUT2D eigenvalue weighted by Gasteiger charge is 2.37. The van der Waals surface area contributed by atoms with Gasteiger partial charge in [-0.2, -0.15) is 0 Å². The molecule has 3 aromatic rings. The second-order valence-electron chi connectivity index (χ2n) is 10.1. The average Bonchev–Trinajstić information content (AvgIpc) is 3.45. The van der Waals surface area contributed by atoms with E-state index in [2.05, 4.69) is 40.7 Å². The zero-order valence-electron chi connectivity index (χ0n) is 24.2. The predicted octanol–water partition coefficient (Wildman–Crippen LogP) is 1.82. The minimum Gasteiger partial charge on any atom is -0.478 e. The fraction of sp³-hybridized carbons (Fsp3) is 0.300. The van der Waals surface area contributed by atoms with Crippen LogP contribution in [-0.4, -0.2) is 93.5 Å². The van der Waals surface area contributed by atoms with E-state index in [0.717, 1.165) is 40.7 Å². The van der Waals surface area contributed by atoms with E-state index < -0.39 is 18.0 Å². The SMILES string of the molecule is CC(=O)Nc1ccc(CCN2C(=O)NC(Cc3ccc4[nH]cc(CCN(C)C)c4c3)C2=O)cc1.O.O=C(O)/C=C\C(=O)O. The number of anilines is 1. The molecule has 1 unspecified atom stereocenters. The first-order valence-electron chi connectivity index (χ1n) is 13.3. The number of hydrogen-bond acceptors (Lipinski definition) is 6. The van der Waals surface area contributed by atoms with Crippen LogP contribution in [0.25, 0.3) is 10.9 Å². The molecule has 4 amide bonds. The Labute approximate surface area is 248 Å². The fourth-order valence-electron chi connectivity index (χ4n) is 4.41. The Hall–Kier alpha value is -5.01. The third-order valence-electron chi connectivity index (χ3n) is 6.47. The van der Waals surface area contributed by atoms with Gasteiger partial charge in [-0.15, -0.1) is 0 Å². The summed E-state index contributed by atoms with van der Waals surface area (Å²) in [5.74, 6) is -2.83. The van der Waals surface area contributed by atoms with Gasteiger partial charge >= 0.3 is 18.0 Å². The summed E-state index contributed by atoms with van der Waals surface area (Å²) in [6.45, 7) is 2.73. The summed E-state index contributed by atoms with van der Waals surface area (Å²) < 4.78 is 0. The van der Waals surface area contributed by atoms with E-state index in [0.29, 0.717) is 31.5 Å². The molecule has 1 saturated heterocycles. The highest BCUT2D eigenvalue weighted by molar-refractivity contribution is 6.04. The van der Waals surface area contributed by atoms with Gasteiger partial charge in [-0.05, 0) is 67.9 Å². The maximum absolute atomic E-state index is 13.0. The molecule has 1 atom stereocenters. The molecule has 1 aliphatic rings. The molecule has 43 heavy (non-hydrogen) atoms. The monoisotopic (exact) mass is 595 g/mol. The number of hydrogen-bond donors (Lipinski definition) is 5. The Morgan fingerprint density at radius 1 is 0.977 bits per heavy atom. The molecule has 0 radical (unpaired) electrons. The van der Waals surface area contributed by atoms with Crippen LogP contribution in [0.1, 0.15) is 23.6 Å². The summed E-state index contributed by atoms with van der Waals surface area (Å²) in [6.07, 6.45) is 5.11. The standard InChI is InChI=1S/C26H31N5O3.C4H4O4.H2O/c1-17(32)28-21-7-4-18(5-8-21)10-13-31-25(33)24(29-26(31)34)15-19-6-9-23-22(14-19)20(16-27-23)11-12-30(2)3;5-3(6)1-2-4(7)8;/h4-9,14,16,24,27H,10-13,15H2,1-3H3,(H,28,32)(H,29,34);1-2H,(H,5,6)(H,7,8);1H2/b;2-1-;. The summed E-state index contributed by atoms with van der Waals surface area (Å²) in [6, 6.07) is 12.7. The lowest BCUT2D eigenvalue weighted by molar-refractivity contribution is -0.134. The van der Waals surface area contributed by atoms with Gasteiger partial charge in [0.1, 0.15) is 6.04 Å². The third-order valence-corrected chi connectivity index (χ3v) is 6.47. The van der Waals surface area contributed by atoms with E-state index in [1.54, 1.807) is 0 Å². The molecule has 0 bridgehead atoms. The number of aliphatic carboxylic acids is 2. The number of carbonyl (C=O) groups is 5. The first kappa shape index (κ1) is 34.2. The van der Waals surface area contributed by atoms with E-state index in [4.69, 9.17) is 10.2 Å². The number of imide groups is 1. The van der Waals surface area contributed by atoms with E-state index >= 15 is 0 Å². The van der Waals surface area contributed by atoms with Crippen LogP contribution in [0.5, 0.6) is 0 Å². The highest BCUT2D eigenvalue weighted by atomic mass is 16.4. The molecular weight excluding hydrogens is 558 g/mol. The van der Waals surface area contributed by atoms with Crippen LogP contribution in [0, 0.1) is 0 Å². The predicted molar refractivity (Wildman–Crippen MR) is 161 cm³/mol. The molecule has 1 aromatic heterocycles. The number of H-pyrrole nitrogens is 1. The van der Waals surface area contributed by atoms with Crippen LogP contribution in [-0.2, 0) is 38.4 Å². The summed E-state index contributed by atoms with van der Waals surface area (Å²) in [5, 5.41) is 22.4. The number of fused-ring (bicyclic) bond motifs is 1. The van der Waals surface area contributed by atoms with Gasteiger partial charge in [0, 0.05) is 61.4 Å². The van der Waals surface area contributed by atoms with Gasteiger partial charge in [-0.25, -0.2) is 14.4 Å². The van der Waals surface area contributed by atoms with Crippen molar-refractivity contribution in [3.63, 3.8) is 0 Å². The number of urea groups is 1. The Bertz CT molecular complexity index is 1460. The molecule has 2 heterocycles. The number of aromatic nitrogens is 1. The zero-order chi connectivity index (χ0) is 30.8. The zero-order valence-corrected chi connectivity index (χ0v) is 24.2. The smallest absolute Gasteiger partial charge is 0.328 e. The van der Waals surface area contributed by atoms with Crippen molar-refractivity contribution < 1.29 is 39.7 Å². The van der Waals surface area contributed by atoms with E-state index in [1.165, 1.54) is 17.4 Å². The van der Waals surface area contributed by atoms with Gasteiger partial charge in [0.25, 0.3) is 5.91 Å². The molecule has 1 fully saturated rings. The van der Waals surface area contributed by atoms with Crippen molar-refractivity contribution in [1.82, 2.24) is 20.1 Å². The Kier molecular flexibility index (Phi) is 12.6. The lowest BCUT2D eigenvalue weighted by Gasteiger charge is -2.13. The number of nitrogens with zero attached hydrogens (tertiary/aromatic N) is 2. The van der Waals surface area contributed by atoms with E-state index in [-0.39, 0.29) is 23.3 Å². The van der Waals surface area contributed by atoms with Crippen LogP contribution in [0.3, 0.4) is 0 Å². The Morgan fingerprint density at radius 3 is 2.19 bits per heavy atom. The first-order valence-corrected chi connectivity index (χ1v) is 13.3. The molecule has 1 aliphatic heterocycles.